The number of rotatable bonds is 0. The van der Waals surface area contributed by atoms with Crippen molar-refractivity contribution in [3.05, 3.63) is 35.3 Å². The van der Waals surface area contributed by atoms with Gasteiger partial charge in [0, 0.05) is 18.8 Å². The minimum Gasteiger partial charge on any atom is -0.508 e. The lowest BCUT2D eigenvalue weighted by Crippen LogP contribution is -2.17. The maximum Gasteiger partial charge on any atom is 0.217 e. The van der Waals surface area contributed by atoms with E-state index in [0.29, 0.717) is 17.7 Å². The molecule has 0 aliphatic heterocycles. The van der Waals surface area contributed by atoms with Crippen LogP contribution < -0.4 is 0 Å². The van der Waals surface area contributed by atoms with Crippen LogP contribution in [0.15, 0.2) is 35.3 Å². The highest BCUT2D eigenvalue weighted by molar-refractivity contribution is 7.73. The number of hydrogen-bond donors (Lipinski definition) is 2. The third-order valence-electron chi connectivity index (χ3n) is 2.61. The minimum atomic E-state index is -2.21. The van der Waals surface area contributed by atoms with Crippen molar-refractivity contribution in [2.45, 2.75) is 12.8 Å². The number of hydrogen-bond acceptors (Lipinski definition) is 4. The molecule has 0 radical (unpaired) electrons. The van der Waals surface area contributed by atoms with Crippen molar-refractivity contribution in [1.82, 2.24) is 0 Å². The van der Waals surface area contributed by atoms with E-state index < -0.39 is 10.3 Å². The van der Waals surface area contributed by atoms with Crippen LogP contribution in [0.3, 0.4) is 0 Å². The molecule has 0 saturated carbocycles. The Labute approximate surface area is 88.4 Å². The van der Waals surface area contributed by atoms with E-state index in [1.807, 2.05) is 0 Å². The van der Waals surface area contributed by atoms with Crippen LogP contribution in [-0.4, -0.2) is 23.5 Å². The summed E-state index contributed by atoms with van der Waals surface area (Å²) >= 11 is 0. The summed E-state index contributed by atoms with van der Waals surface area (Å²) in [5.41, 5.74) is 0.826. The van der Waals surface area contributed by atoms with Crippen LogP contribution in [0.4, 0.5) is 0 Å². The highest BCUT2D eigenvalue weighted by Crippen LogP contribution is 2.32. The molecule has 2 rings (SSSR count). The third-order valence-corrected chi connectivity index (χ3v) is 3.32. The maximum absolute atomic E-state index is 10.7. The largest absolute Gasteiger partial charge is 0.508 e. The summed E-state index contributed by atoms with van der Waals surface area (Å²) in [4.78, 5) is 0.312. The van der Waals surface area contributed by atoms with Crippen LogP contribution in [0.25, 0.3) is 0 Å². The van der Waals surface area contributed by atoms with Gasteiger partial charge < -0.3 is 10.2 Å². The molecule has 5 heteroatoms. The van der Waals surface area contributed by atoms with Gasteiger partial charge >= 0.3 is 0 Å². The predicted octanol–water partition coefficient (Wildman–Crippen LogP) is 1.27. The second-order valence-corrected chi connectivity index (χ2v) is 4.59. The van der Waals surface area contributed by atoms with Crippen LogP contribution >= 0.6 is 0 Å². The number of aliphatic hydroxyl groups excluding tert-OH is 2. The van der Waals surface area contributed by atoms with Crippen molar-refractivity contribution in [3.8, 4) is 0 Å². The Hall–Kier alpha value is -1.49. The quantitative estimate of drug-likeness (QED) is 0.610. The Kier molecular flexibility index (Phi) is 2.40. The Balaban J connectivity index is 2.44. The second kappa shape index (κ2) is 3.58. The summed E-state index contributed by atoms with van der Waals surface area (Å²) in [5.74, 6) is -0.194. The van der Waals surface area contributed by atoms with Crippen LogP contribution in [-0.2, 0) is 10.3 Å². The molecule has 2 aliphatic carbocycles. The van der Waals surface area contributed by atoms with Crippen LogP contribution in [0, 0.1) is 5.92 Å². The fraction of sp³-hybridized carbons (Fsp3) is 0.300. The first kappa shape index (κ1) is 10.0. The average Bonchev–Trinajstić information content (AvgIpc) is 2.19. The molecule has 2 N–H and O–H groups in total. The summed E-state index contributed by atoms with van der Waals surface area (Å²) in [6, 6.07) is 0. The predicted molar refractivity (Wildman–Crippen MR) is 56.2 cm³/mol. The van der Waals surface area contributed by atoms with Gasteiger partial charge in [-0.3, -0.25) is 0 Å². The van der Waals surface area contributed by atoms with E-state index in [9.17, 15) is 18.6 Å². The SMILES string of the molecule is O=S(=O)=C1C=CC2CC(O)=C(O)C=C2C1. The lowest BCUT2D eigenvalue weighted by atomic mass is 9.83. The maximum atomic E-state index is 10.7. The first-order valence-electron chi connectivity index (χ1n) is 4.52. The fourth-order valence-electron chi connectivity index (χ4n) is 1.78. The zero-order valence-electron chi connectivity index (χ0n) is 7.84. The molecule has 2 aliphatic rings. The van der Waals surface area contributed by atoms with Gasteiger partial charge in [-0.05, 0) is 12.2 Å². The molecule has 15 heavy (non-hydrogen) atoms. The highest BCUT2D eigenvalue weighted by atomic mass is 32.2. The molecule has 0 saturated heterocycles. The Morgan fingerprint density at radius 2 is 2.07 bits per heavy atom. The molecular weight excluding hydrogens is 216 g/mol. The molecule has 0 amide bonds. The van der Waals surface area contributed by atoms with Crippen LogP contribution in [0.1, 0.15) is 12.8 Å². The standard InChI is InChI=1S/C10H10O4S/c11-9-4-6-1-2-8(15(13)14)3-7(6)5-10(9)12/h1-2,5-6,11-12H,3-4H2. The summed E-state index contributed by atoms with van der Waals surface area (Å²) in [6.07, 6.45) is 5.39. The molecule has 0 heterocycles. The number of aliphatic hydroxyl groups is 2. The summed E-state index contributed by atoms with van der Waals surface area (Å²) < 4.78 is 21.5. The zero-order chi connectivity index (χ0) is 11.0. The van der Waals surface area contributed by atoms with Gasteiger partial charge in [0.05, 0.1) is 4.86 Å². The van der Waals surface area contributed by atoms with Crippen molar-refractivity contribution >= 4 is 15.2 Å². The molecule has 4 nitrogen and oxygen atoms in total. The van der Waals surface area contributed by atoms with Gasteiger partial charge in [0.15, 0.2) is 5.76 Å². The minimum absolute atomic E-state index is 0.00759. The molecule has 1 atom stereocenters. The molecule has 0 fully saturated rings. The van der Waals surface area contributed by atoms with E-state index in [0.717, 1.165) is 5.57 Å². The van der Waals surface area contributed by atoms with Crippen molar-refractivity contribution in [2.24, 2.45) is 5.92 Å². The van der Waals surface area contributed by atoms with E-state index in [1.165, 1.54) is 6.08 Å². The molecule has 1 unspecified atom stereocenters. The first-order chi connectivity index (χ1) is 7.08. The molecule has 0 spiro atoms. The van der Waals surface area contributed by atoms with E-state index in [-0.39, 0.29) is 17.4 Å². The summed E-state index contributed by atoms with van der Waals surface area (Å²) in [6.45, 7) is 0. The van der Waals surface area contributed by atoms with Crippen molar-refractivity contribution in [2.75, 3.05) is 0 Å². The Bertz CT molecular complexity index is 512. The molecule has 0 bridgehead atoms. The van der Waals surface area contributed by atoms with Gasteiger partial charge in [-0.2, -0.15) is 8.42 Å². The molecule has 0 aromatic rings. The summed E-state index contributed by atoms with van der Waals surface area (Å²) in [7, 11) is -2.21. The first-order valence-corrected chi connectivity index (χ1v) is 5.60. The van der Waals surface area contributed by atoms with Crippen molar-refractivity contribution < 1.29 is 18.6 Å². The monoisotopic (exact) mass is 226 g/mol. The fourth-order valence-corrected chi connectivity index (χ4v) is 2.26. The van der Waals surface area contributed by atoms with Gasteiger partial charge in [-0.1, -0.05) is 11.6 Å². The average molecular weight is 226 g/mol. The summed E-state index contributed by atoms with van der Waals surface area (Å²) in [5, 5.41) is 18.6. The number of fused-ring (bicyclic) bond motifs is 1. The van der Waals surface area contributed by atoms with E-state index in [1.54, 1.807) is 12.2 Å². The van der Waals surface area contributed by atoms with Gasteiger partial charge in [0.2, 0.25) is 10.3 Å². The highest BCUT2D eigenvalue weighted by Gasteiger charge is 2.24. The molecular formula is C10H10O4S. The van der Waals surface area contributed by atoms with Gasteiger partial charge in [0.1, 0.15) is 5.76 Å². The number of allylic oxidation sites excluding steroid dienone is 5. The normalized spacial score (nSPS) is 24.9. The van der Waals surface area contributed by atoms with Gasteiger partial charge in [-0.25, -0.2) is 0 Å². The Morgan fingerprint density at radius 3 is 2.73 bits per heavy atom. The van der Waals surface area contributed by atoms with Crippen LogP contribution in [0.5, 0.6) is 0 Å². The van der Waals surface area contributed by atoms with Gasteiger partial charge in [-0.15, -0.1) is 0 Å². The van der Waals surface area contributed by atoms with E-state index >= 15 is 0 Å². The van der Waals surface area contributed by atoms with E-state index in [2.05, 4.69) is 0 Å². The van der Waals surface area contributed by atoms with Crippen LogP contribution in [0.2, 0.25) is 0 Å². The molecule has 0 aromatic carbocycles. The smallest absolute Gasteiger partial charge is 0.217 e. The van der Waals surface area contributed by atoms with Gasteiger partial charge in [0.25, 0.3) is 0 Å². The Morgan fingerprint density at radius 1 is 1.33 bits per heavy atom. The molecule has 80 valence electrons. The van der Waals surface area contributed by atoms with Crippen molar-refractivity contribution in [1.29, 1.82) is 0 Å². The second-order valence-electron chi connectivity index (χ2n) is 3.60. The zero-order valence-corrected chi connectivity index (χ0v) is 8.66. The van der Waals surface area contributed by atoms with E-state index in [4.69, 9.17) is 0 Å². The third kappa shape index (κ3) is 1.83. The topological polar surface area (TPSA) is 74.6 Å². The lowest BCUT2D eigenvalue weighted by Gasteiger charge is -2.24. The molecule has 0 aromatic heterocycles. The van der Waals surface area contributed by atoms with Crippen molar-refractivity contribution in [3.63, 3.8) is 0 Å². The lowest BCUT2D eigenvalue weighted by molar-refractivity contribution is 0.306.